The summed E-state index contributed by atoms with van der Waals surface area (Å²) >= 11 is 0. The van der Waals surface area contributed by atoms with Crippen LogP contribution in [0.2, 0.25) is 0 Å². The highest BCUT2D eigenvalue weighted by atomic mass is 16.1. The van der Waals surface area contributed by atoms with Gasteiger partial charge in [-0.25, -0.2) is 4.68 Å². The molecule has 22 heavy (non-hydrogen) atoms. The summed E-state index contributed by atoms with van der Waals surface area (Å²) in [7, 11) is 0. The number of para-hydroxylation sites is 1. The standard InChI is InChI=1S/C18H25N3O/c1-3-5-9-15(4-2)12-19-18(22)16-13-20-21(14-16)17-10-7-6-8-11-17/h6-8,10-11,13-15H,3-5,9,12H2,1-2H3,(H,19,22). The number of carbonyl (C=O) groups excluding carboxylic acids is 1. The van der Waals surface area contributed by atoms with Crippen LogP contribution in [0.4, 0.5) is 0 Å². The van der Waals surface area contributed by atoms with Gasteiger partial charge < -0.3 is 5.32 Å². The van der Waals surface area contributed by atoms with Gasteiger partial charge in [0.1, 0.15) is 0 Å². The maximum atomic E-state index is 12.2. The first-order chi connectivity index (χ1) is 10.7. The first-order valence-corrected chi connectivity index (χ1v) is 8.12. The van der Waals surface area contributed by atoms with E-state index in [1.807, 2.05) is 30.3 Å². The number of amides is 1. The van der Waals surface area contributed by atoms with Gasteiger partial charge in [-0.1, -0.05) is 51.3 Å². The minimum absolute atomic E-state index is 0.0443. The maximum absolute atomic E-state index is 12.2. The number of hydrogen-bond acceptors (Lipinski definition) is 2. The lowest BCUT2D eigenvalue weighted by molar-refractivity contribution is 0.0946. The highest BCUT2D eigenvalue weighted by Crippen LogP contribution is 2.12. The van der Waals surface area contributed by atoms with Gasteiger partial charge in [0.15, 0.2) is 0 Å². The predicted octanol–water partition coefficient (Wildman–Crippen LogP) is 3.82. The summed E-state index contributed by atoms with van der Waals surface area (Å²) in [4.78, 5) is 12.2. The van der Waals surface area contributed by atoms with Crippen molar-refractivity contribution in [3.05, 3.63) is 48.3 Å². The number of aromatic nitrogens is 2. The van der Waals surface area contributed by atoms with Gasteiger partial charge >= 0.3 is 0 Å². The zero-order chi connectivity index (χ0) is 15.8. The molecule has 118 valence electrons. The fraction of sp³-hybridized carbons (Fsp3) is 0.444. The second-order valence-corrected chi connectivity index (χ2v) is 5.64. The molecule has 0 spiro atoms. The molecule has 2 rings (SSSR count). The molecular formula is C18H25N3O. The van der Waals surface area contributed by atoms with Crippen molar-refractivity contribution in [1.82, 2.24) is 15.1 Å². The normalized spacial score (nSPS) is 12.1. The smallest absolute Gasteiger partial charge is 0.254 e. The Morgan fingerprint density at radius 3 is 2.73 bits per heavy atom. The number of rotatable bonds is 8. The highest BCUT2D eigenvalue weighted by molar-refractivity contribution is 5.93. The van der Waals surface area contributed by atoms with E-state index in [1.54, 1.807) is 17.1 Å². The second kappa shape index (κ2) is 8.37. The molecule has 1 atom stereocenters. The number of unbranched alkanes of at least 4 members (excludes halogenated alkanes) is 1. The summed E-state index contributed by atoms with van der Waals surface area (Å²) in [6.45, 7) is 5.12. The molecule has 0 radical (unpaired) electrons. The summed E-state index contributed by atoms with van der Waals surface area (Å²) in [5.41, 5.74) is 1.56. The van der Waals surface area contributed by atoms with E-state index in [4.69, 9.17) is 0 Å². The topological polar surface area (TPSA) is 46.9 Å². The third-order valence-corrected chi connectivity index (χ3v) is 3.96. The molecular weight excluding hydrogens is 274 g/mol. The van der Waals surface area contributed by atoms with Gasteiger partial charge in [-0.2, -0.15) is 5.10 Å². The first-order valence-electron chi connectivity index (χ1n) is 8.12. The van der Waals surface area contributed by atoms with E-state index in [2.05, 4.69) is 24.3 Å². The molecule has 1 aromatic carbocycles. The fourth-order valence-electron chi connectivity index (χ4n) is 2.44. The average molecular weight is 299 g/mol. The van der Waals surface area contributed by atoms with Crippen LogP contribution < -0.4 is 5.32 Å². The zero-order valence-corrected chi connectivity index (χ0v) is 13.5. The van der Waals surface area contributed by atoms with Crippen molar-refractivity contribution in [3.8, 4) is 5.69 Å². The SMILES string of the molecule is CCCCC(CC)CNC(=O)c1cnn(-c2ccccc2)c1. The number of hydrogen-bond donors (Lipinski definition) is 1. The van der Waals surface area contributed by atoms with Crippen molar-refractivity contribution in [1.29, 1.82) is 0 Å². The maximum Gasteiger partial charge on any atom is 0.254 e. The van der Waals surface area contributed by atoms with E-state index in [-0.39, 0.29) is 5.91 Å². The number of benzene rings is 1. The Labute approximate surface area is 132 Å². The molecule has 0 saturated heterocycles. The largest absolute Gasteiger partial charge is 0.352 e. The first kappa shape index (κ1) is 16.3. The predicted molar refractivity (Wildman–Crippen MR) is 89.2 cm³/mol. The molecule has 1 unspecified atom stereocenters. The van der Waals surface area contributed by atoms with Crippen molar-refractivity contribution in [3.63, 3.8) is 0 Å². The van der Waals surface area contributed by atoms with Gasteiger partial charge in [0, 0.05) is 12.7 Å². The molecule has 1 heterocycles. The molecule has 1 aromatic heterocycles. The van der Waals surface area contributed by atoms with Crippen LogP contribution in [0.15, 0.2) is 42.7 Å². The molecule has 0 fully saturated rings. The third-order valence-electron chi connectivity index (χ3n) is 3.96. The third kappa shape index (κ3) is 4.45. The van der Waals surface area contributed by atoms with E-state index in [9.17, 15) is 4.79 Å². The highest BCUT2D eigenvalue weighted by Gasteiger charge is 2.12. The Morgan fingerprint density at radius 2 is 2.05 bits per heavy atom. The molecule has 2 aromatic rings. The van der Waals surface area contributed by atoms with Crippen LogP contribution in [0, 0.1) is 5.92 Å². The Balaban J connectivity index is 1.92. The van der Waals surface area contributed by atoms with Crippen LogP contribution in [0.5, 0.6) is 0 Å². The lowest BCUT2D eigenvalue weighted by atomic mass is 9.99. The average Bonchev–Trinajstić information content (AvgIpc) is 3.06. The Hall–Kier alpha value is -2.10. The Morgan fingerprint density at radius 1 is 1.27 bits per heavy atom. The van der Waals surface area contributed by atoms with Gasteiger partial charge in [0.2, 0.25) is 0 Å². The number of nitrogens with one attached hydrogen (secondary N) is 1. The lowest BCUT2D eigenvalue weighted by Crippen LogP contribution is -2.28. The second-order valence-electron chi connectivity index (χ2n) is 5.64. The van der Waals surface area contributed by atoms with Crippen LogP contribution in [0.25, 0.3) is 5.69 Å². The van der Waals surface area contributed by atoms with Crippen LogP contribution >= 0.6 is 0 Å². The Bertz CT molecular complexity index is 577. The molecule has 0 saturated carbocycles. The van der Waals surface area contributed by atoms with Gasteiger partial charge in [-0.05, 0) is 24.5 Å². The van der Waals surface area contributed by atoms with Crippen LogP contribution in [0.1, 0.15) is 49.9 Å². The minimum Gasteiger partial charge on any atom is -0.352 e. The van der Waals surface area contributed by atoms with Crippen molar-refractivity contribution in [2.75, 3.05) is 6.54 Å². The van der Waals surface area contributed by atoms with Crippen LogP contribution in [0.3, 0.4) is 0 Å². The van der Waals surface area contributed by atoms with E-state index < -0.39 is 0 Å². The quantitative estimate of drug-likeness (QED) is 0.805. The lowest BCUT2D eigenvalue weighted by Gasteiger charge is -2.14. The van der Waals surface area contributed by atoms with E-state index in [0.29, 0.717) is 11.5 Å². The minimum atomic E-state index is -0.0443. The summed E-state index contributed by atoms with van der Waals surface area (Å²) in [5, 5.41) is 7.29. The van der Waals surface area contributed by atoms with Gasteiger partial charge in [-0.15, -0.1) is 0 Å². The van der Waals surface area contributed by atoms with E-state index in [1.165, 1.54) is 19.3 Å². The summed E-state index contributed by atoms with van der Waals surface area (Å²) in [6.07, 6.45) is 8.10. The molecule has 0 aliphatic carbocycles. The van der Waals surface area contributed by atoms with Crippen molar-refractivity contribution in [2.24, 2.45) is 5.92 Å². The molecule has 1 N–H and O–H groups in total. The molecule has 0 aliphatic rings. The zero-order valence-electron chi connectivity index (χ0n) is 13.5. The van der Waals surface area contributed by atoms with Gasteiger partial charge in [-0.3, -0.25) is 4.79 Å². The number of carbonyl (C=O) groups is 1. The van der Waals surface area contributed by atoms with Gasteiger partial charge in [0.05, 0.1) is 17.4 Å². The molecule has 4 nitrogen and oxygen atoms in total. The fourth-order valence-corrected chi connectivity index (χ4v) is 2.44. The molecule has 1 amide bonds. The van der Waals surface area contributed by atoms with Crippen LogP contribution in [-0.4, -0.2) is 22.2 Å². The van der Waals surface area contributed by atoms with Gasteiger partial charge in [0.25, 0.3) is 5.91 Å². The monoisotopic (exact) mass is 299 g/mol. The van der Waals surface area contributed by atoms with Crippen molar-refractivity contribution >= 4 is 5.91 Å². The van der Waals surface area contributed by atoms with Crippen molar-refractivity contribution in [2.45, 2.75) is 39.5 Å². The van der Waals surface area contributed by atoms with Crippen LogP contribution in [-0.2, 0) is 0 Å². The number of nitrogens with zero attached hydrogens (tertiary/aromatic N) is 2. The summed E-state index contributed by atoms with van der Waals surface area (Å²) in [5.74, 6) is 0.519. The molecule has 0 bridgehead atoms. The van der Waals surface area contributed by atoms with E-state index in [0.717, 1.165) is 18.7 Å². The molecule has 0 aliphatic heterocycles. The summed E-state index contributed by atoms with van der Waals surface area (Å²) in [6, 6.07) is 9.80. The Kier molecular flexibility index (Phi) is 6.19. The van der Waals surface area contributed by atoms with Crippen molar-refractivity contribution < 1.29 is 4.79 Å². The summed E-state index contributed by atoms with van der Waals surface area (Å²) < 4.78 is 1.73. The van der Waals surface area contributed by atoms with E-state index >= 15 is 0 Å². The molecule has 4 heteroatoms.